The number of rotatable bonds is 6. The van der Waals surface area contributed by atoms with Gasteiger partial charge in [-0.3, -0.25) is 0 Å². The molecule has 1 heterocycles. The molecule has 1 saturated carbocycles. The zero-order valence-electron chi connectivity index (χ0n) is 11.1. The number of methoxy groups -OCH3 is 1. The van der Waals surface area contributed by atoms with Crippen molar-refractivity contribution in [2.45, 2.75) is 50.1 Å². The molecule has 18 heavy (non-hydrogen) atoms. The van der Waals surface area contributed by atoms with Crippen LogP contribution in [0.5, 0.6) is 0 Å². The highest BCUT2D eigenvalue weighted by atomic mass is 32.2. The van der Waals surface area contributed by atoms with Crippen LogP contribution in [0.4, 0.5) is 0 Å². The standard InChI is InChI=1S/C12H24N2O3S/c1-17-8-3-9-18(15,16)14-11-4-7-13-12(10-11)5-2-6-12/h11,13-14H,2-10H2,1H3. The van der Waals surface area contributed by atoms with Gasteiger partial charge in [-0.2, -0.15) is 0 Å². The predicted octanol–water partition coefficient (Wildman–Crippen LogP) is 0.617. The molecule has 2 N–H and O–H groups in total. The maximum absolute atomic E-state index is 11.9. The zero-order valence-corrected chi connectivity index (χ0v) is 11.9. The van der Waals surface area contributed by atoms with E-state index >= 15 is 0 Å². The van der Waals surface area contributed by atoms with Crippen LogP contribution in [-0.2, 0) is 14.8 Å². The lowest BCUT2D eigenvalue weighted by Gasteiger charge is -2.48. The molecule has 2 aliphatic rings. The minimum atomic E-state index is -3.15. The average molecular weight is 276 g/mol. The first-order valence-electron chi connectivity index (χ1n) is 6.79. The number of hydrogen-bond acceptors (Lipinski definition) is 4. The Labute approximate surface area is 110 Å². The molecule has 5 nitrogen and oxygen atoms in total. The number of hydrogen-bond donors (Lipinski definition) is 2. The van der Waals surface area contributed by atoms with E-state index in [2.05, 4.69) is 10.0 Å². The highest BCUT2D eigenvalue weighted by molar-refractivity contribution is 7.89. The molecular formula is C12H24N2O3S. The van der Waals surface area contributed by atoms with Crippen LogP contribution in [0.1, 0.15) is 38.5 Å². The Kier molecular flexibility index (Phi) is 4.64. The van der Waals surface area contributed by atoms with Gasteiger partial charge in [-0.15, -0.1) is 0 Å². The first-order valence-corrected chi connectivity index (χ1v) is 8.44. The third-order valence-corrected chi connectivity index (χ3v) is 5.57. The van der Waals surface area contributed by atoms with Crippen molar-refractivity contribution in [2.75, 3.05) is 26.0 Å². The summed E-state index contributed by atoms with van der Waals surface area (Å²) in [6.07, 6.45) is 6.04. The summed E-state index contributed by atoms with van der Waals surface area (Å²) in [5.74, 6) is 0.164. The third-order valence-electron chi connectivity index (χ3n) is 4.05. The van der Waals surface area contributed by atoms with Crippen LogP contribution in [0.2, 0.25) is 0 Å². The average Bonchev–Trinajstić information content (AvgIpc) is 2.27. The summed E-state index contributed by atoms with van der Waals surface area (Å²) in [7, 11) is -1.56. The Hall–Kier alpha value is -0.170. The fraction of sp³-hybridized carbons (Fsp3) is 1.00. The van der Waals surface area contributed by atoms with Crippen LogP contribution in [0.15, 0.2) is 0 Å². The molecule has 0 radical (unpaired) electrons. The highest BCUT2D eigenvalue weighted by Crippen LogP contribution is 2.38. The third kappa shape index (κ3) is 3.66. The minimum absolute atomic E-state index is 0.110. The molecular weight excluding hydrogens is 252 g/mol. The van der Waals surface area contributed by atoms with Gasteiger partial charge in [-0.1, -0.05) is 0 Å². The molecule has 0 aromatic carbocycles. The smallest absolute Gasteiger partial charge is 0.211 e. The molecule has 1 unspecified atom stereocenters. The second-order valence-electron chi connectivity index (χ2n) is 5.53. The van der Waals surface area contributed by atoms with Gasteiger partial charge in [0.1, 0.15) is 0 Å². The second-order valence-corrected chi connectivity index (χ2v) is 7.41. The summed E-state index contributed by atoms with van der Waals surface area (Å²) in [4.78, 5) is 0. The van der Waals surface area contributed by atoms with E-state index in [1.54, 1.807) is 7.11 Å². The first kappa shape index (κ1) is 14.2. The van der Waals surface area contributed by atoms with Crippen molar-refractivity contribution in [1.82, 2.24) is 10.0 Å². The number of nitrogens with one attached hydrogen (secondary N) is 2. The first-order chi connectivity index (χ1) is 8.55. The Balaban J connectivity index is 1.81. The molecule has 0 aromatic heterocycles. The zero-order chi connectivity index (χ0) is 13.1. The van der Waals surface area contributed by atoms with Crippen LogP contribution in [-0.4, -0.2) is 46.0 Å². The lowest BCUT2D eigenvalue weighted by molar-refractivity contribution is 0.126. The van der Waals surface area contributed by atoms with E-state index in [1.165, 1.54) is 19.3 Å². The Morgan fingerprint density at radius 2 is 2.22 bits per heavy atom. The van der Waals surface area contributed by atoms with Crippen molar-refractivity contribution in [3.05, 3.63) is 0 Å². The van der Waals surface area contributed by atoms with E-state index in [9.17, 15) is 8.42 Å². The van der Waals surface area contributed by atoms with E-state index in [-0.39, 0.29) is 17.3 Å². The van der Waals surface area contributed by atoms with Gasteiger partial charge < -0.3 is 10.1 Å². The second kappa shape index (κ2) is 5.86. The van der Waals surface area contributed by atoms with E-state index in [0.717, 1.165) is 19.4 Å². The maximum Gasteiger partial charge on any atom is 0.211 e. The Morgan fingerprint density at radius 3 is 2.83 bits per heavy atom. The summed E-state index contributed by atoms with van der Waals surface area (Å²) in [6.45, 7) is 1.42. The maximum atomic E-state index is 11.9. The van der Waals surface area contributed by atoms with Crippen LogP contribution in [0, 0.1) is 0 Å². The summed E-state index contributed by atoms with van der Waals surface area (Å²) in [6, 6.07) is 0.110. The van der Waals surface area contributed by atoms with Crippen LogP contribution >= 0.6 is 0 Å². The van der Waals surface area contributed by atoms with Gasteiger partial charge in [-0.25, -0.2) is 13.1 Å². The van der Waals surface area contributed by atoms with E-state index in [1.807, 2.05) is 0 Å². The van der Waals surface area contributed by atoms with Gasteiger partial charge in [0.05, 0.1) is 5.75 Å². The quantitative estimate of drug-likeness (QED) is 0.698. The molecule has 1 spiro atoms. The van der Waals surface area contributed by atoms with Gasteiger partial charge in [0.25, 0.3) is 0 Å². The summed E-state index contributed by atoms with van der Waals surface area (Å²) >= 11 is 0. The molecule has 6 heteroatoms. The topological polar surface area (TPSA) is 67.4 Å². The molecule has 1 aliphatic carbocycles. The van der Waals surface area contributed by atoms with Crippen molar-refractivity contribution in [3.63, 3.8) is 0 Å². The molecule has 1 atom stereocenters. The lowest BCUT2D eigenvalue weighted by atomic mass is 9.70. The predicted molar refractivity (Wildman–Crippen MR) is 71.0 cm³/mol. The fourth-order valence-electron chi connectivity index (χ4n) is 2.95. The van der Waals surface area contributed by atoms with Gasteiger partial charge >= 0.3 is 0 Å². The molecule has 1 saturated heterocycles. The lowest BCUT2D eigenvalue weighted by Crippen LogP contribution is -2.59. The van der Waals surface area contributed by atoms with Gasteiger partial charge in [0.2, 0.25) is 10.0 Å². The Bertz CT molecular complexity index is 366. The fourth-order valence-corrected chi connectivity index (χ4v) is 4.27. The number of piperidine rings is 1. The van der Waals surface area contributed by atoms with Crippen molar-refractivity contribution in [2.24, 2.45) is 0 Å². The molecule has 0 bridgehead atoms. The summed E-state index contributed by atoms with van der Waals surface area (Å²) < 4.78 is 31.5. The van der Waals surface area contributed by atoms with Crippen molar-refractivity contribution < 1.29 is 13.2 Å². The molecule has 2 rings (SSSR count). The largest absolute Gasteiger partial charge is 0.385 e. The molecule has 0 aromatic rings. The van der Waals surface area contributed by atoms with Crippen LogP contribution in [0.25, 0.3) is 0 Å². The van der Waals surface area contributed by atoms with Gasteiger partial charge in [0.15, 0.2) is 0 Å². The molecule has 2 fully saturated rings. The van der Waals surface area contributed by atoms with Crippen molar-refractivity contribution in [1.29, 1.82) is 0 Å². The normalized spacial score (nSPS) is 27.1. The molecule has 1 aliphatic heterocycles. The van der Waals surface area contributed by atoms with Crippen molar-refractivity contribution in [3.8, 4) is 0 Å². The van der Waals surface area contributed by atoms with Crippen LogP contribution < -0.4 is 10.0 Å². The highest BCUT2D eigenvalue weighted by Gasteiger charge is 2.41. The minimum Gasteiger partial charge on any atom is -0.385 e. The van der Waals surface area contributed by atoms with E-state index < -0.39 is 10.0 Å². The van der Waals surface area contributed by atoms with Gasteiger partial charge in [0, 0.05) is 25.3 Å². The van der Waals surface area contributed by atoms with E-state index in [4.69, 9.17) is 4.74 Å². The summed E-state index contributed by atoms with van der Waals surface area (Å²) in [5.41, 5.74) is 0.234. The number of ether oxygens (including phenoxy) is 1. The van der Waals surface area contributed by atoms with E-state index in [0.29, 0.717) is 13.0 Å². The Morgan fingerprint density at radius 1 is 1.44 bits per heavy atom. The van der Waals surface area contributed by atoms with Crippen molar-refractivity contribution >= 4 is 10.0 Å². The molecule has 0 amide bonds. The van der Waals surface area contributed by atoms with Gasteiger partial charge in [-0.05, 0) is 45.1 Å². The monoisotopic (exact) mass is 276 g/mol. The SMILES string of the molecule is COCCCS(=O)(=O)NC1CCNC2(CCC2)C1. The molecule has 106 valence electrons. The summed E-state index contributed by atoms with van der Waals surface area (Å²) in [5, 5.41) is 3.55. The number of sulfonamides is 1. The van der Waals surface area contributed by atoms with Crippen LogP contribution in [0.3, 0.4) is 0 Å².